The maximum absolute atomic E-state index is 8.69. The van der Waals surface area contributed by atoms with Crippen LogP contribution in [0.15, 0.2) is 36.4 Å². The Balaban J connectivity index is 2.10. The molecule has 0 radical (unpaired) electrons. The second-order valence-electron chi connectivity index (χ2n) is 4.12. The molecule has 18 heavy (non-hydrogen) atoms. The van der Waals surface area contributed by atoms with Crippen molar-refractivity contribution in [3.05, 3.63) is 42.0 Å². The summed E-state index contributed by atoms with van der Waals surface area (Å²) in [5.41, 5.74) is 3.17. The summed E-state index contributed by atoms with van der Waals surface area (Å²) in [5, 5.41) is 20.1. The van der Waals surface area contributed by atoms with Gasteiger partial charge in [0, 0.05) is 18.7 Å². The predicted molar refractivity (Wildman–Crippen MR) is 72.4 cm³/mol. The van der Waals surface area contributed by atoms with Crippen molar-refractivity contribution in [2.45, 2.75) is 13.3 Å². The molecule has 1 aromatic carbocycles. The molecule has 2 N–H and O–H groups in total. The molecular formula is C14H17N3O. The summed E-state index contributed by atoms with van der Waals surface area (Å²) in [6.07, 6.45) is 0.710. The highest BCUT2D eigenvalue weighted by molar-refractivity contribution is 5.63. The fourth-order valence-corrected chi connectivity index (χ4v) is 1.73. The number of nitrogens with one attached hydrogen (secondary N) is 1. The van der Waals surface area contributed by atoms with Crippen LogP contribution in [0.4, 0.5) is 5.82 Å². The summed E-state index contributed by atoms with van der Waals surface area (Å²) < 4.78 is 0. The van der Waals surface area contributed by atoms with E-state index in [2.05, 4.69) is 28.5 Å². The smallest absolute Gasteiger partial charge is 0.148 e. The number of anilines is 1. The van der Waals surface area contributed by atoms with Crippen molar-refractivity contribution in [2.75, 3.05) is 18.5 Å². The van der Waals surface area contributed by atoms with Gasteiger partial charge in [-0.15, -0.1) is 10.2 Å². The summed E-state index contributed by atoms with van der Waals surface area (Å²) in [5.74, 6) is 0.737. The van der Waals surface area contributed by atoms with Crippen LogP contribution in [-0.2, 0) is 0 Å². The second-order valence-corrected chi connectivity index (χ2v) is 4.12. The first-order valence-corrected chi connectivity index (χ1v) is 6.06. The van der Waals surface area contributed by atoms with Crippen LogP contribution in [-0.4, -0.2) is 28.5 Å². The molecule has 2 rings (SSSR count). The Morgan fingerprint density at radius 1 is 1.11 bits per heavy atom. The number of rotatable bonds is 5. The Labute approximate surface area is 107 Å². The molecular weight excluding hydrogens is 226 g/mol. The summed E-state index contributed by atoms with van der Waals surface area (Å²) in [7, 11) is 0. The first-order chi connectivity index (χ1) is 8.81. The number of aliphatic hydroxyl groups is 1. The number of benzene rings is 1. The van der Waals surface area contributed by atoms with E-state index in [0.717, 1.165) is 17.1 Å². The molecule has 0 saturated heterocycles. The van der Waals surface area contributed by atoms with E-state index in [9.17, 15) is 0 Å². The first kappa shape index (κ1) is 12.5. The van der Waals surface area contributed by atoms with Gasteiger partial charge >= 0.3 is 0 Å². The standard InChI is InChI=1S/C14H17N3O/c1-11-5-2-3-6-12(11)13-7-8-14(17-16-13)15-9-4-10-18/h2-3,5-8,18H,4,9-10H2,1H3,(H,15,17). The summed E-state index contributed by atoms with van der Waals surface area (Å²) in [6, 6.07) is 12.0. The summed E-state index contributed by atoms with van der Waals surface area (Å²) in [6.45, 7) is 2.95. The van der Waals surface area contributed by atoms with Crippen LogP contribution < -0.4 is 5.32 Å². The molecule has 0 unspecified atom stereocenters. The van der Waals surface area contributed by atoms with Gasteiger partial charge in [-0.1, -0.05) is 24.3 Å². The van der Waals surface area contributed by atoms with Crippen molar-refractivity contribution in [3.63, 3.8) is 0 Å². The largest absolute Gasteiger partial charge is 0.396 e. The molecule has 0 aliphatic heterocycles. The van der Waals surface area contributed by atoms with Crippen LogP contribution in [0.3, 0.4) is 0 Å². The molecule has 0 aliphatic carbocycles. The lowest BCUT2D eigenvalue weighted by Crippen LogP contribution is -2.05. The molecule has 0 saturated carbocycles. The molecule has 4 heteroatoms. The zero-order chi connectivity index (χ0) is 12.8. The van der Waals surface area contributed by atoms with Crippen molar-refractivity contribution < 1.29 is 5.11 Å². The molecule has 0 spiro atoms. The van der Waals surface area contributed by atoms with E-state index in [0.29, 0.717) is 13.0 Å². The highest BCUT2D eigenvalue weighted by Crippen LogP contribution is 2.20. The van der Waals surface area contributed by atoms with Gasteiger partial charge in [0.2, 0.25) is 0 Å². The minimum absolute atomic E-state index is 0.182. The summed E-state index contributed by atoms with van der Waals surface area (Å²) in [4.78, 5) is 0. The predicted octanol–water partition coefficient (Wildman–Crippen LogP) is 2.25. The molecule has 0 aliphatic rings. The first-order valence-electron chi connectivity index (χ1n) is 6.06. The highest BCUT2D eigenvalue weighted by atomic mass is 16.3. The van der Waals surface area contributed by atoms with Gasteiger partial charge in [0.15, 0.2) is 0 Å². The SMILES string of the molecule is Cc1ccccc1-c1ccc(NCCCO)nn1. The number of nitrogens with zero attached hydrogens (tertiary/aromatic N) is 2. The van der Waals surface area contributed by atoms with Crippen LogP contribution >= 0.6 is 0 Å². The Hall–Kier alpha value is -1.94. The minimum atomic E-state index is 0.182. The van der Waals surface area contributed by atoms with Crippen molar-refractivity contribution in [1.29, 1.82) is 0 Å². The fraction of sp³-hybridized carbons (Fsp3) is 0.286. The Kier molecular flexibility index (Phi) is 4.25. The molecule has 1 heterocycles. The van der Waals surface area contributed by atoms with Gasteiger partial charge in [0.05, 0.1) is 5.69 Å². The van der Waals surface area contributed by atoms with Crippen LogP contribution in [0.1, 0.15) is 12.0 Å². The number of aromatic nitrogens is 2. The van der Waals surface area contributed by atoms with E-state index >= 15 is 0 Å². The van der Waals surface area contributed by atoms with Gasteiger partial charge in [-0.05, 0) is 31.0 Å². The second kappa shape index (κ2) is 6.12. The maximum Gasteiger partial charge on any atom is 0.148 e. The van der Waals surface area contributed by atoms with E-state index in [-0.39, 0.29) is 6.61 Å². The lowest BCUT2D eigenvalue weighted by Gasteiger charge is -2.06. The van der Waals surface area contributed by atoms with Gasteiger partial charge in [0.25, 0.3) is 0 Å². The molecule has 4 nitrogen and oxygen atoms in total. The number of aryl methyl sites for hydroxylation is 1. The van der Waals surface area contributed by atoms with Crippen molar-refractivity contribution in [2.24, 2.45) is 0 Å². The van der Waals surface area contributed by atoms with Gasteiger partial charge in [0.1, 0.15) is 5.82 Å². The lowest BCUT2D eigenvalue weighted by molar-refractivity contribution is 0.292. The zero-order valence-corrected chi connectivity index (χ0v) is 10.4. The van der Waals surface area contributed by atoms with E-state index in [4.69, 9.17) is 5.11 Å². The van der Waals surface area contributed by atoms with Gasteiger partial charge < -0.3 is 10.4 Å². The van der Waals surface area contributed by atoms with Gasteiger partial charge in [-0.3, -0.25) is 0 Å². The topological polar surface area (TPSA) is 58.0 Å². The number of hydrogen-bond donors (Lipinski definition) is 2. The Morgan fingerprint density at radius 3 is 2.61 bits per heavy atom. The fourth-order valence-electron chi connectivity index (χ4n) is 1.73. The van der Waals surface area contributed by atoms with Crippen molar-refractivity contribution >= 4 is 5.82 Å². The molecule has 0 fully saturated rings. The summed E-state index contributed by atoms with van der Waals surface area (Å²) >= 11 is 0. The third kappa shape index (κ3) is 3.05. The van der Waals surface area contributed by atoms with Crippen LogP contribution in [0.5, 0.6) is 0 Å². The number of aliphatic hydroxyl groups excluding tert-OH is 1. The number of hydrogen-bond acceptors (Lipinski definition) is 4. The molecule has 0 bridgehead atoms. The third-order valence-corrected chi connectivity index (χ3v) is 2.73. The van der Waals surface area contributed by atoms with Crippen LogP contribution in [0, 0.1) is 6.92 Å². The third-order valence-electron chi connectivity index (χ3n) is 2.73. The molecule has 2 aromatic rings. The zero-order valence-electron chi connectivity index (χ0n) is 10.4. The Bertz CT molecular complexity index is 497. The van der Waals surface area contributed by atoms with Crippen molar-refractivity contribution in [1.82, 2.24) is 10.2 Å². The van der Waals surface area contributed by atoms with E-state index in [1.165, 1.54) is 5.56 Å². The highest BCUT2D eigenvalue weighted by Gasteiger charge is 2.03. The molecule has 0 atom stereocenters. The Morgan fingerprint density at radius 2 is 1.94 bits per heavy atom. The lowest BCUT2D eigenvalue weighted by atomic mass is 10.1. The maximum atomic E-state index is 8.69. The van der Waals surface area contributed by atoms with Crippen molar-refractivity contribution in [3.8, 4) is 11.3 Å². The quantitative estimate of drug-likeness (QED) is 0.791. The normalized spacial score (nSPS) is 10.3. The average molecular weight is 243 g/mol. The van der Waals surface area contributed by atoms with Crippen LogP contribution in [0.25, 0.3) is 11.3 Å². The van der Waals surface area contributed by atoms with E-state index < -0.39 is 0 Å². The van der Waals surface area contributed by atoms with E-state index in [1.807, 2.05) is 30.3 Å². The van der Waals surface area contributed by atoms with Gasteiger partial charge in [-0.2, -0.15) is 0 Å². The van der Waals surface area contributed by atoms with Crippen LogP contribution in [0.2, 0.25) is 0 Å². The minimum Gasteiger partial charge on any atom is -0.396 e. The molecule has 0 amide bonds. The monoisotopic (exact) mass is 243 g/mol. The van der Waals surface area contributed by atoms with E-state index in [1.54, 1.807) is 0 Å². The average Bonchev–Trinajstić information content (AvgIpc) is 2.41. The molecule has 1 aromatic heterocycles. The molecule has 94 valence electrons. The van der Waals surface area contributed by atoms with Gasteiger partial charge in [-0.25, -0.2) is 0 Å².